The predicted molar refractivity (Wildman–Crippen MR) is 60.5 cm³/mol. The summed E-state index contributed by atoms with van der Waals surface area (Å²) in [5, 5.41) is 9.05. The van der Waals surface area contributed by atoms with Crippen molar-refractivity contribution in [3.8, 4) is 5.75 Å². The quantitative estimate of drug-likeness (QED) is 0.907. The average Bonchev–Trinajstić information content (AvgIpc) is 2.76. The van der Waals surface area contributed by atoms with E-state index in [-0.39, 0.29) is 18.3 Å². The number of anilines is 1. The van der Waals surface area contributed by atoms with Crippen molar-refractivity contribution in [1.82, 2.24) is 0 Å². The number of aliphatic hydroxyl groups excluding tert-OH is 1. The van der Waals surface area contributed by atoms with Gasteiger partial charge in [-0.25, -0.2) is 0 Å². The minimum absolute atomic E-state index is 0.0544. The highest BCUT2D eigenvalue weighted by molar-refractivity contribution is 5.59. The van der Waals surface area contributed by atoms with Crippen LogP contribution in [0.3, 0.4) is 0 Å². The minimum atomic E-state index is -4.69. The van der Waals surface area contributed by atoms with Crippen LogP contribution in [-0.2, 0) is 0 Å². The Labute approximate surface area is 103 Å². The van der Waals surface area contributed by atoms with Crippen LogP contribution in [0.15, 0.2) is 24.3 Å². The SMILES string of the molecule is OC[C@@H]1CCN(c2ccccc2OC(F)(F)F)C1. The van der Waals surface area contributed by atoms with E-state index in [9.17, 15) is 13.2 Å². The molecule has 0 spiro atoms. The molecule has 0 unspecified atom stereocenters. The molecule has 1 fully saturated rings. The number of benzene rings is 1. The van der Waals surface area contributed by atoms with E-state index in [1.807, 2.05) is 4.90 Å². The van der Waals surface area contributed by atoms with Gasteiger partial charge in [0.05, 0.1) is 5.69 Å². The highest BCUT2D eigenvalue weighted by Gasteiger charge is 2.33. The molecule has 0 radical (unpaired) electrons. The molecule has 1 saturated heterocycles. The van der Waals surface area contributed by atoms with E-state index in [1.54, 1.807) is 12.1 Å². The summed E-state index contributed by atoms with van der Waals surface area (Å²) >= 11 is 0. The summed E-state index contributed by atoms with van der Waals surface area (Å²) in [4.78, 5) is 1.81. The first-order valence-electron chi connectivity index (χ1n) is 5.70. The first kappa shape index (κ1) is 13.0. The molecule has 0 aromatic heterocycles. The molecule has 1 N–H and O–H groups in total. The maximum absolute atomic E-state index is 12.3. The molecule has 1 atom stereocenters. The van der Waals surface area contributed by atoms with Gasteiger partial charge in [-0.1, -0.05) is 12.1 Å². The number of alkyl halides is 3. The Balaban J connectivity index is 2.18. The fourth-order valence-corrected chi connectivity index (χ4v) is 2.13. The van der Waals surface area contributed by atoms with Crippen LogP contribution in [0.25, 0.3) is 0 Å². The summed E-state index contributed by atoms with van der Waals surface area (Å²) in [6, 6.07) is 6.07. The van der Waals surface area contributed by atoms with Gasteiger partial charge in [-0.2, -0.15) is 0 Å². The van der Waals surface area contributed by atoms with Gasteiger partial charge in [0.1, 0.15) is 0 Å². The number of hydrogen-bond acceptors (Lipinski definition) is 3. The molecular formula is C12H14F3NO2. The van der Waals surface area contributed by atoms with E-state index in [0.717, 1.165) is 6.42 Å². The van der Waals surface area contributed by atoms with Crippen molar-refractivity contribution in [1.29, 1.82) is 0 Å². The van der Waals surface area contributed by atoms with Crippen LogP contribution in [0, 0.1) is 5.92 Å². The molecule has 1 aromatic carbocycles. The van der Waals surface area contributed by atoms with Crippen molar-refractivity contribution < 1.29 is 23.0 Å². The zero-order valence-electron chi connectivity index (χ0n) is 9.65. The Hall–Kier alpha value is -1.43. The van der Waals surface area contributed by atoms with E-state index in [2.05, 4.69) is 4.74 Å². The molecule has 1 aliphatic heterocycles. The monoisotopic (exact) mass is 261 g/mol. The number of para-hydroxylation sites is 2. The maximum Gasteiger partial charge on any atom is 0.573 e. The van der Waals surface area contributed by atoms with Crippen LogP contribution in [0.2, 0.25) is 0 Å². The minimum Gasteiger partial charge on any atom is -0.404 e. The number of aliphatic hydroxyl groups is 1. The third-order valence-electron chi connectivity index (χ3n) is 2.98. The number of nitrogens with zero attached hydrogens (tertiary/aromatic N) is 1. The molecule has 18 heavy (non-hydrogen) atoms. The first-order chi connectivity index (χ1) is 8.49. The van der Waals surface area contributed by atoms with Crippen LogP contribution in [0.5, 0.6) is 5.75 Å². The number of halogens is 3. The van der Waals surface area contributed by atoms with Gasteiger partial charge in [-0.15, -0.1) is 13.2 Å². The molecule has 1 aliphatic rings. The van der Waals surface area contributed by atoms with Crippen molar-refractivity contribution in [2.24, 2.45) is 5.92 Å². The second kappa shape index (κ2) is 5.06. The third-order valence-corrected chi connectivity index (χ3v) is 2.98. The van der Waals surface area contributed by atoms with Crippen molar-refractivity contribution in [2.45, 2.75) is 12.8 Å². The summed E-state index contributed by atoms with van der Waals surface area (Å²) in [6.45, 7) is 1.23. The second-order valence-electron chi connectivity index (χ2n) is 4.30. The van der Waals surface area contributed by atoms with E-state index in [1.165, 1.54) is 12.1 Å². The van der Waals surface area contributed by atoms with Crippen molar-refractivity contribution in [3.63, 3.8) is 0 Å². The zero-order chi connectivity index (χ0) is 13.2. The van der Waals surface area contributed by atoms with Gasteiger partial charge in [-0.05, 0) is 18.6 Å². The Morgan fingerprint density at radius 2 is 2.06 bits per heavy atom. The van der Waals surface area contributed by atoms with Crippen LogP contribution in [-0.4, -0.2) is 31.2 Å². The summed E-state index contributed by atoms with van der Waals surface area (Å²) in [5.41, 5.74) is 0.422. The summed E-state index contributed by atoms with van der Waals surface area (Å²) < 4.78 is 40.8. The smallest absolute Gasteiger partial charge is 0.404 e. The normalized spacial score (nSPS) is 20.2. The Morgan fingerprint density at radius 1 is 1.33 bits per heavy atom. The van der Waals surface area contributed by atoms with E-state index < -0.39 is 6.36 Å². The van der Waals surface area contributed by atoms with Crippen LogP contribution < -0.4 is 9.64 Å². The summed E-state index contributed by atoms with van der Waals surface area (Å²) in [7, 11) is 0. The molecule has 100 valence electrons. The molecule has 2 rings (SSSR count). The number of ether oxygens (including phenoxy) is 1. The molecule has 0 aliphatic carbocycles. The lowest BCUT2D eigenvalue weighted by molar-refractivity contribution is -0.274. The zero-order valence-corrected chi connectivity index (χ0v) is 9.65. The van der Waals surface area contributed by atoms with Gasteiger partial charge in [0.25, 0.3) is 0 Å². The molecular weight excluding hydrogens is 247 g/mol. The fourth-order valence-electron chi connectivity index (χ4n) is 2.13. The summed E-state index contributed by atoms with van der Waals surface area (Å²) in [6.07, 6.45) is -3.91. The maximum atomic E-state index is 12.3. The number of rotatable bonds is 3. The van der Waals surface area contributed by atoms with Crippen LogP contribution >= 0.6 is 0 Å². The van der Waals surface area contributed by atoms with Crippen molar-refractivity contribution in [2.75, 3.05) is 24.6 Å². The van der Waals surface area contributed by atoms with E-state index in [4.69, 9.17) is 5.11 Å². The molecule has 3 nitrogen and oxygen atoms in total. The van der Waals surface area contributed by atoms with E-state index >= 15 is 0 Å². The van der Waals surface area contributed by atoms with Gasteiger partial charge in [-0.3, -0.25) is 0 Å². The van der Waals surface area contributed by atoms with Gasteiger partial charge in [0.15, 0.2) is 5.75 Å². The fraction of sp³-hybridized carbons (Fsp3) is 0.500. The average molecular weight is 261 g/mol. The van der Waals surface area contributed by atoms with Gasteiger partial charge >= 0.3 is 6.36 Å². The Kier molecular flexibility index (Phi) is 3.65. The third kappa shape index (κ3) is 3.07. The number of hydrogen-bond donors (Lipinski definition) is 1. The van der Waals surface area contributed by atoms with Crippen LogP contribution in [0.4, 0.5) is 18.9 Å². The molecule has 0 amide bonds. The lowest BCUT2D eigenvalue weighted by Gasteiger charge is -2.22. The Bertz CT molecular complexity index is 409. The van der Waals surface area contributed by atoms with Gasteiger partial charge in [0, 0.05) is 25.6 Å². The topological polar surface area (TPSA) is 32.7 Å². The van der Waals surface area contributed by atoms with Crippen molar-refractivity contribution in [3.05, 3.63) is 24.3 Å². The first-order valence-corrected chi connectivity index (χ1v) is 5.70. The molecule has 1 aromatic rings. The lowest BCUT2D eigenvalue weighted by atomic mass is 10.1. The highest BCUT2D eigenvalue weighted by atomic mass is 19.4. The van der Waals surface area contributed by atoms with Crippen molar-refractivity contribution >= 4 is 5.69 Å². The van der Waals surface area contributed by atoms with E-state index in [0.29, 0.717) is 18.8 Å². The summed E-state index contributed by atoms with van der Waals surface area (Å²) in [5.74, 6) is -0.0764. The largest absolute Gasteiger partial charge is 0.573 e. The van der Waals surface area contributed by atoms with Crippen LogP contribution in [0.1, 0.15) is 6.42 Å². The standard InChI is InChI=1S/C12H14F3NO2/c13-12(14,15)18-11-4-2-1-3-10(11)16-6-5-9(7-16)8-17/h1-4,9,17H,5-8H2/t9-/m1/s1. The molecule has 0 saturated carbocycles. The second-order valence-corrected chi connectivity index (χ2v) is 4.30. The Morgan fingerprint density at radius 3 is 2.67 bits per heavy atom. The lowest BCUT2D eigenvalue weighted by Crippen LogP contribution is -2.24. The van der Waals surface area contributed by atoms with Gasteiger partial charge in [0.2, 0.25) is 0 Å². The van der Waals surface area contributed by atoms with Gasteiger partial charge < -0.3 is 14.7 Å². The molecule has 1 heterocycles. The molecule has 0 bridgehead atoms. The molecule has 6 heteroatoms. The highest BCUT2D eigenvalue weighted by Crippen LogP contribution is 2.35. The predicted octanol–water partition coefficient (Wildman–Crippen LogP) is 2.40.